The van der Waals surface area contributed by atoms with E-state index in [1.807, 2.05) is 47.8 Å². The van der Waals surface area contributed by atoms with Crippen LogP contribution in [0.5, 0.6) is 0 Å². The lowest BCUT2D eigenvalue weighted by Gasteiger charge is -2.07. The maximum atomic E-state index is 13.1. The van der Waals surface area contributed by atoms with Crippen LogP contribution < -0.4 is 11.0 Å². The van der Waals surface area contributed by atoms with E-state index in [2.05, 4.69) is 10.4 Å². The molecule has 0 aliphatic carbocycles. The van der Waals surface area contributed by atoms with Crippen molar-refractivity contribution in [1.29, 1.82) is 0 Å². The molecule has 0 radical (unpaired) electrons. The number of rotatable bonds is 4. The molecule has 0 atom stereocenters. The summed E-state index contributed by atoms with van der Waals surface area (Å²) in [5, 5.41) is 2.86. The first-order valence-corrected chi connectivity index (χ1v) is 10.6. The van der Waals surface area contributed by atoms with Gasteiger partial charge in [-0.3, -0.25) is 15.0 Å². The topological polar surface area (TPSA) is 77.1 Å². The maximum absolute atomic E-state index is 13.1. The molecular formula is C23H14ClN3O3S. The molecule has 2 aromatic carbocycles. The minimum absolute atomic E-state index is 0.0514. The number of thiophene rings is 1. The molecule has 0 spiro atoms. The van der Waals surface area contributed by atoms with E-state index in [9.17, 15) is 9.59 Å². The number of nitrogens with one attached hydrogen (secondary N) is 1. The lowest BCUT2D eigenvalue weighted by molar-refractivity contribution is 0.0981. The molecule has 152 valence electrons. The van der Waals surface area contributed by atoms with Crippen LogP contribution in [0.2, 0.25) is 5.02 Å². The Bertz CT molecular complexity index is 1470. The molecule has 0 aliphatic rings. The Morgan fingerprint density at radius 2 is 1.77 bits per heavy atom. The predicted molar refractivity (Wildman–Crippen MR) is 122 cm³/mol. The molecule has 8 heteroatoms. The summed E-state index contributed by atoms with van der Waals surface area (Å²) in [4.78, 5) is 30.7. The van der Waals surface area contributed by atoms with Crippen LogP contribution in [0, 0.1) is 0 Å². The number of aromatic nitrogens is 2. The van der Waals surface area contributed by atoms with E-state index in [1.54, 1.807) is 18.2 Å². The van der Waals surface area contributed by atoms with Crippen molar-refractivity contribution in [2.45, 2.75) is 0 Å². The summed E-state index contributed by atoms with van der Waals surface area (Å²) in [7, 11) is 0. The first-order chi connectivity index (χ1) is 15.1. The fourth-order valence-corrected chi connectivity index (χ4v) is 4.41. The third kappa shape index (κ3) is 3.54. The fourth-order valence-electron chi connectivity index (χ4n) is 3.27. The Balaban J connectivity index is 1.47. The van der Waals surface area contributed by atoms with Crippen molar-refractivity contribution in [1.82, 2.24) is 9.66 Å². The number of halogens is 1. The monoisotopic (exact) mass is 447 g/mol. The highest BCUT2D eigenvalue weighted by Gasteiger charge is 2.17. The van der Waals surface area contributed by atoms with E-state index in [4.69, 9.17) is 16.0 Å². The van der Waals surface area contributed by atoms with Gasteiger partial charge in [0.1, 0.15) is 16.9 Å². The van der Waals surface area contributed by atoms with Gasteiger partial charge in [-0.1, -0.05) is 54.1 Å². The normalized spacial score (nSPS) is 11.0. The molecule has 3 heterocycles. The van der Waals surface area contributed by atoms with Gasteiger partial charge in [0.25, 0.3) is 5.56 Å². The molecule has 0 bridgehead atoms. The van der Waals surface area contributed by atoms with Crippen molar-refractivity contribution in [2.24, 2.45) is 0 Å². The van der Waals surface area contributed by atoms with Crippen LogP contribution in [0.1, 0.15) is 10.6 Å². The third-order valence-corrected chi connectivity index (χ3v) is 5.99. The van der Waals surface area contributed by atoms with Crippen LogP contribution in [-0.4, -0.2) is 15.6 Å². The van der Waals surface area contributed by atoms with Gasteiger partial charge in [0.2, 0.25) is 0 Å². The van der Waals surface area contributed by atoms with Gasteiger partial charge in [-0.15, -0.1) is 11.3 Å². The van der Waals surface area contributed by atoms with Crippen molar-refractivity contribution in [3.05, 3.63) is 99.6 Å². The van der Waals surface area contributed by atoms with Crippen LogP contribution in [0.15, 0.2) is 87.6 Å². The molecule has 3 aromatic heterocycles. The maximum Gasteiger partial charge on any atom is 0.305 e. The minimum atomic E-state index is -0.571. The zero-order valence-corrected chi connectivity index (χ0v) is 17.5. The third-order valence-electron chi connectivity index (χ3n) is 4.77. The second-order valence-corrected chi connectivity index (χ2v) is 7.97. The highest BCUT2D eigenvalue weighted by molar-refractivity contribution is 7.17. The molecule has 1 N–H and O–H groups in total. The Morgan fingerprint density at radius 3 is 2.58 bits per heavy atom. The van der Waals surface area contributed by atoms with Crippen molar-refractivity contribution in [2.75, 3.05) is 5.43 Å². The lowest BCUT2D eigenvalue weighted by Crippen LogP contribution is -2.33. The van der Waals surface area contributed by atoms with Gasteiger partial charge in [-0.05, 0) is 29.8 Å². The summed E-state index contributed by atoms with van der Waals surface area (Å²) in [5.41, 5.74) is 4.55. The van der Waals surface area contributed by atoms with E-state index in [0.29, 0.717) is 26.6 Å². The van der Waals surface area contributed by atoms with Gasteiger partial charge in [-0.25, -0.2) is 9.66 Å². The number of hydrogen-bond donors (Lipinski definition) is 1. The van der Waals surface area contributed by atoms with Crippen molar-refractivity contribution in [3.8, 4) is 22.5 Å². The quantitative estimate of drug-likeness (QED) is 0.399. The van der Waals surface area contributed by atoms with Crippen LogP contribution >= 0.6 is 22.9 Å². The van der Waals surface area contributed by atoms with E-state index < -0.39 is 5.91 Å². The number of furan rings is 1. The molecule has 6 nitrogen and oxygen atoms in total. The number of carbonyl (C=O) groups is 1. The van der Waals surface area contributed by atoms with Crippen molar-refractivity contribution >= 4 is 39.1 Å². The SMILES string of the molecule is O=C(Nn1cnc2scc(-c3ccccc3)c2c1=O)c1ccc(-c2ccccc2Cl)o1. The summed E-state index contributed by atoms with van der Waals surface area (Å²) < 4.78 is 6.73. The second-order valence-electron chi connectivity index (χ2n) is 6.70. The molecule has 5 aromatic rings. The molecular weight excluding hydrogens is 434 g/mol. The van der Waals surface area contributed by atoms with Gasteiger partial charge in [0.15, 0.2) is 5.76 Å². The number of nitrogens with zero attached hydrogens (tertiary/aromatic N) is 2. The molecule has 0 saturated heterocycles. The summed E-state index contributed by atoms with van der Waals surface area (Å²) in [6.45, 7) is 0. The lowest BCUT2D eigenvalue weighted by atomic mass is 10.1. The Morgan fingerprint density at radius 1 is 1.00 bits per heavy atom. The summed E-state index contributed by atoms with van der Waals surface area (Å²) >= 11 is 7.58. The van der Waals surface area contributed by atoms with Gasteiger partial charge in [0, 0.05) is 16.5 Å². The second kappa shape index (κ2) is 7.86. The van der Waals surface area contributed by atoms with Crippen molar-refractivity contribution < 1.29 is 9.21 Å². The molecule has 0 aliphatic heterocycles. The van der Waals surface area contributed by atoms with Gasteiger partial charge >= 0.3 is 5.91 Å². The van der Waals surface area contributed by atoms with Crippen LogP contribution in [-0.2, 0) is 0 Å². The minimum Gasteiger partial charge on any atom is -0.451 e. The molecule has 0 unspecified atom stereocenters. The largest absolute Gasteiger partial charge is 0.451 e. The average molecular weight is 448 g/mol. The molecule has 31 heavy (non-hydrogen) atoms. The van der Waals surface area contributed by atoms with Gasteiger partial charge in [0.05, 0.1) is 10.4 Å². The number of benzene rings is 2. The van der Waals surface area contributed by atoms with Crippen LogP contribution in [0.3, 0.4) is 0 Å². The zero-order valence-electron chi connectivity index (χ0n) is 15.9. The number of carbonyl (C=O) groups excluding carboxylic acids is 1. The number of amides is 1. The Kier molecular flexibility index (Phi) is 4.89. The van der Waals surface area contributed by atoms with E-state index >= 15 is 0 Å². The summed E-state index contributed by atoms with van der Waals surface area (Å²) in [5.74, 6) is -0.0607. The first kappa shape index (κ1) is 19.3. The summed E-state index contributed by atoms with van der Waals surface area (Å²) in [6, 6.07) is 19.9. The molecule has 0 fully saturated rings. The highest BCUT2D eigenvalue weighted by atomic mass is 35.5. The number of hydrogen-bond acceptors (Lipinski definition) is 5. The van der Waals surface area contributed by atoms with Crippen LogP contribution in [0.4, 0.5) is 0 Å². The first-order valence-electron chi connectivity index (χ1n) is 9.32. The fraction of sp³-hybridized carbons (Fsp3) is 0. The van der Waals surface area contributed by atoms with Gasteiger partial charge < -0.3 is 4.42 Å². The standard InChI is InChI=1S/C23H14ClN3O3S/c24-17-9-5-4-8-15(17)18-10-11-19(30-18)21(28)26-27-13-25-22-20(23(27)29)16(12-31-22)14-6-2-1-3-7-14/h1-13H,(H,26,28). The number of fused-ring (bicyclic) bond motifs is 1. The van der Waals surface area contributed by atoms with Crippen LogP contribution in [0.25, 0.3) is 32.7 Å². The average Bonchev–Trinajstić information content (AvgIpc) is 3.45. The summed E-state index contributed by atoms with van der Waals surface area (Å²) in [6.07, 6.45) is 1.30. The Hall–Kier alpha value is -3.68. The highest BCUT2D eigenvalue weighted by Crippen LogP contribution is 2.31. The smallest absolute Gasteiger partial charge is 0.305 e. The van der Waals surface area contributed by atoms with Crippen molar-refractivity contribution in [3.63, 3.8) is 0 Å². The van der Waals surface area contributed by atoms with Gasteiger partial charge in [-0.2, -0.15) is 0 Å². The van der Waals surface area contributed by atoms with E-state index in [-0.39, 0.29) is 11.3 Å². The van der Waals surface area contributed by atoms with E-state index in [1.165, 1.54) is 23.7 Å². The van der Waals surface area contributed by atoms with E-state index in [0.717, 1.165) is 15.8 Å². The molecule has 5 rings (SSSR count). The molecule has 1 amide bonds. The zero-order chi connectivity index (χ0) is 21.4. The Labute approximate surface area is 185 Å². The predicted octanol–water partition coefficient (Wildman–Crippen LogP) is 5.42. The molecule has 0 saturated carbocycles.